The third-order valence-corrected chi connectivity index (χ3v) is 8.51. The van der Waals surface area contributed by atoms with Gasteiger partial charge in [0.2, 0.25) is 15.9 Å². The summed E-state index contributed by atoms with van der Waals surface area (Å²) in [4.78, 5) is 23.3. The van der Waals surface area contributed by atoms with Crippen molar-refractivity contribution in [3.8, 4) is 11.9 Å². The molecular formula is C23H27FN4O5S. The Morgan fingerprint density at radius 3 is 2.62 bits per heavy atom. The quantitative estimate of drug-likeness (QED) is 0.635. The molecule has 1 saturated carbocycles. The fourth-order valence-corrected chi connectivity index (χ4v) is 6.81. The third kappa shape index (κ3) is 3.80. The lowest BCUT2D eigenvalue weighted by Crippen LogP contribution is -2.68. The highest BCUT2D eigenvalue weighted by Crippen LogP contribution is 2.52. The van der Waals surface area contributed by atoms with Crippen molar-refractivity contribution in [2.75, 3.05) is 19.7 Å². The van der Waals surface area contributed by atoms with Crippen LogP contribution in [0.1, 0.15) is 44.0 Å². The van der Waals surface area contributed by atoms with Crippen LogP contribution in [-0.2, 0) is 10.0 Å². The van der Waals surface area contributed by atoms with Gasteiger partial charge in [0.05, 0.1) is 18.3 Å². The molecule has 3 aliphatic rings. The molecular weight excluding hydrogens is 463 g/mol. The lowest BCUT2D eigenvalue weighted by molar-refractivity contribution is -0.0756. The zero-order valence-electron chi connectivity index (χ0n) is 19.3. The van der Waals surface area contributed by atoms with Gasteiger partial charge >= 0.3 is 6.01 Å². The molecule has 1 aromatic carbocycles. The Hall–Kier alpha value is -2.79. The Kier molecular flexibility index (Phi) is 5.51. The Balaban J connectivity index is 1.27. The van der Waals surface area contributed by atoms with Crippen molar-refractivity contribution >= 4 is 15.9 Å². The number of halogens is 1. The lowest BCUT2D eigenvalue weighted by atomic mass is 9.61. The second-order valence-corrected chi connectivity index (χ2v) is 11.6. The zero-order chi connectivity index (χ0) is 24.3. The highest BCUT2D eigenvalue weighted by Gasteiger charge is 2.58. The van der Waals surface area contributed by atoms with E-state index in [9.17, 15) is 17.6 Å². The monoisotopic (exact) mass is 490 g/mol. The Bertz CT molecular complexity index is 1220. The molecule has 1 saturated heterocycles. The third-order valence-electron chi connectivity index (χ3n) is 6.68. The molecule has 1 aliphatic carbocycles. The second kappa shape index (κ2) is 8.16. The number of ether oxygens (including phenoxy) is 2. The van der Waals surface area contributed by atoms with Crippen LogP contribution in [-0.4, -0.2) is 71.4 Å². The van der Waals surface area contributed by atoms with Crippen LogP contribution in [0.15, 0.2) is 35.4 Å². The molecule has 0 bridgehead atoms. The van der Waals surface area contributed by atoms with Crippen molar-refractivity contribution < 1.29 is 27.1 Å². The highest BCUT2D eigenvalue weighted by molar-refractivity contribution is 7.89. The topological polar surface area (TPSA) is 102 Å². The van der Waals surface area contributed by atoms with Crippen molar-refractivity contribution in [1.29, 1.82) is 0 Å². The summed E-state index contributed by atoms with van der Waals surface area (Å²) in [5.74, 6) is -0.738. The maximum atomic E-state index is 14.1. The summed E-state index contributed by atoms with van der Waals surface area (Å²) in [5, 5.41) is 0. The molecule has 34 heavy (non-hydrogen) atoms. The predicted octanol–water partition coefficient (Wildman–Crippen LogP) is 2.48. The number of nitrogens with zero attached hydrogens (tertiary/aromatic N) is 4. The van der Waals surface area contributed by atoms with Gasteiger partial charge in [-0.05, 0) is 45.7 Å². The molecule has 1 aromatic heterocycles. The average Bonchev–Trinajstić information content (AvgIpc) is 2.83. The van der Waals surface area contributed by atoms with Gasteiger partial charge in [-0.2, -0.15) is 9.29 Å². The van der Waals surface area contributed by atoms with Gasteiger partial charge in [0.25, 0.3) is 5.91 Å². The first-order valence-corrected chi connectivity index (χ1v) is 12.8. The van der Waals surface area contributed by atoms with Gasteiger partial charge in [0.1, 0.15) is 22.9 Å². The van der Waals surface area contributed by atoms with Crippen molar-refractivity contribution in [3.05, 3.63) is 41.8 Å². The number of hydrogen-bond donors (Lipinski definition) is 0. The van der Waals surface area contributed by atoms with Gasteiger partial charge in [-0.3, -0.25) is 4.79 Å². The predicted molar refractivity (Wildman–Crippen MR) is 120 cm³/mol. The van der Waals surface area contributed by atoms with Crippen LogP contribution in [0.5, 0.6) is 11.9 Å². The van der Waals surface area contributed by atoms with E-state index < -0.39 is 15.8 Å². The molecule has 182 valence electrons. The number of carbonyl (C=O) groups excluding carboxylic acids is 1. The van der Waals surface area contributed by atoms with E-state index in [2.05, 4.69) is 9.97 Å². The summed E-state index contributed by atoms with van der Waals surface area (Å²) in [6, 6.07) is 5.35. The van der Waals surface area contributed by atoms with E-state index in [1.807, 2.05) is 20.8 Å². The summed E-state index contributed by atoms with van der Waals surface area (Å²) < 4.78 is 52.3. The van der Waals surface area contributed by atoms with E-state index in [1.165, 1.54) is 28.7 Å². The standard InChI is InChI=1S/C23H27FN4O5S/c1-14(2)33-22-25-10-17-20(26-22)32-11-15(3)28(21(17)29)16-8-23(9-16)12-27(13-23)34(30,31)19-7-5-4-6-18(19)24/h4-7,10,14-16H,8-9,11-13H2,1-3H3/t15-/m1/s1. The average molecular weight is 491 g/mol. The van der Waals surface area contributed by atoms with Crippen LogP contribution in [0.4, 0.5) is 4.39 Å². The van der Waals surface area contributed by atoms with Crippen LogP contribution < -0.4 is 9.47 Å². The molecule has 2 aliphatic heterocycles. The summed E-state index contributed by atoms with van der Waals surface area (Å²) in [6.07, 6.45) is 2.69. The van der Waals surface area contributed by atoms with Crippen molar-refractivity contribution in [2.24, 2.45) is 5.41 Å². The van der Waals surface area contributed by atoms with Gasteiger partial charge in [0.15, 0.2) is 0 Å². The molecule has 9 nitrogen and oxygen atoms in total. The van der Waals surface area contributed by atoms with Crippen LogP contribution in [0.3, 0.4) is 0 Å². The molecule has 2 fully saturated rings. The van der Waals surface area contributed by atoms with Crippen molar-refractivity contribution in [1.82, 2.24) is 19.2 Å². The fourth-order valence-electron chi connectivity index (χ4n) is 5.08. The van der Waals surface area contributed by atoms with E-state index >= 15 is 0 Å². The first kappa shape index (κ1) is 23.0. The van der Waals surface area contributed by atoms with Crippen LogP contribution in [0.25, 0.3) is 0 Å². The van der Waals surface area contributed by atoms with Gasteiger partial charge in [-0.25, -0.2) is 17.8 Å². The van der Waals surface area contributed by atoms with Crippen molar-refractivity contribution in [3.63, 3.8) is 0 Å². The number of rotatable bonds is 5. The van der Waals surface area contributed by atoms with Gasteiger partial charge in [0, 0.05) is 24.5 Å². The molecule has 0 radical (unpaired) electrons. The number of fused-ring (bicyclic) bond motifs is 1. The first-order chi connectivity index (χ1) is 16.1. The molecule has 0 unspecified atom stereocenters. The summed E-state index contributed by atoms with van der Waals surface area (Å²) in [7, 11) is -3.87. The fraction of sp³-hybridized carbons (Fsp3) is 0.522. The van der Waals surface area contributed by atoms with Gasteiger partial charge < -0.3 is 14.4 Å². The summed E-state index contributed by atoms with van der Waals surface area (Å²) in [5.41, 5.74) is 0.100. The van der Waals surface area contributed by atoms with Gasteiger partial charge in [-0.15, -0.1) is 0 Å². The molecule has 1 atom stereocenters. The smallest absolute Gasteiger partial charge is 0.319 e. The minimum absolute atomic E-state index is 0.0399. The number of amides is 1. The largest absolute Gasteiger partial charge is 0.475 e. The zero-order valence-corrected chi connectivity index (χ0v) is 20.1. The number of carbonyl (C=O) groups is 1. The molecule has 3 heterocycles. The Morgan fingerprint density at radius 1 is 1.24 bits per heavy atom. The minimum Gasteiger partial charge on any atom is -0.475 e. The van der Waals surface area contributed by atoms with E-state index in [0.717, 1.165) is 6.07 Å². The normalized spacial score (nSPS) is 22.6. The van der Waals surface area contributed by atoms with Crippen LogP contribution >= 0.6 is 0 Å². The lowest BCUT2D eigenvalue weighted by Gasteiger charge is -2.60. The van der Waals surface area contributed by atoms with Crippen LogP contribution in [0.2, 0.25) is 0 Å². The Labute approximate surface area is 197 Å². The minimum atomic E-state index is -3.87. The van der Waals surface area contributed by atoms with E-state index in [1.54, 1.807) is 4.90 Å². The molecule has 1 amide bonds. The molecule has 2 aromatic rings. The maximum absolute atomic E-state index is 14.1. The first-order valence-electron chi connectivity index (χ1n) is 11.3. The Morgan fingerprint density at radius 2 is 1.94 bits per heavy atom. The number of sulfonamides is 1. The van der Waals surface area contributed by atoms with Crippen LogP contribution in [0, 0.1) is 11.2 Å². The number of aromatic nitrogens is 2. The summed E-state index contributed by atoms with van der Waals surface area (Å²) in [6.45, 7) is 6.57. The summed E-state index contributed by atoms with van der Waals surface area (Å²) >= 11 is 0. The molecule has 0 N–H and O–H groups in total. The number of hydrogen-bond acceptors (Lipinski definition) is 7. The van der Waals surface area contributed by atoms with E-state index in [0.29, 0.717) is 31.5 Å². The van der Waals surface area contributed by atoms with Crippen molar-refractivity contribution in [2.45, 2.75) is 56.7 Å². The van der Waals surface area contributed by atoms with E-state index in [-0.39, 0.29) is 52.9 Å². The molecule has 11 heteroatoms. The molecule has 5 rings (SSSR count). The van der Waals surface area contributed by atoms with Gasteiger partial charge in [-0.1, -0.05) is 12.1 Å². The number of benzene rings is 1. The molecule has 1 spiro atoms. The highest BCUT2D eigenvalue weighted by atomic mass is 32.2. The van der Waals surface area contributed by atoms with E-state index in [4.69, 9.17) is 9.47 Å². The maximum Gasteiger partial charge on any atom is 0.319 e. The second-order valence-electron chi connectivity index (χ2n) is 9.68. The SMILES string of the molecule is CC(C)Oc1ncc2c(n1)OC[C@@H](C)N(C1CC3(C1)CN(S(=O)(=O)c1ccccc1F)C3)C2=O.